The molecule has 0 saturated carbocycles. The molecule has 2 atom stereocenters. The molecule has 0 unspecified atom stereocenters. The van der Waals surface area contributed by atoms with Gasteiger partial charge in [0.15, 0.2) is 5.82 Å². The number of benzene rings is 2. The van der Waals surface area contributed by atoms with Crippen molar-refractivity contribution >= 4 is 45.2 Å². The lowest BCUT2D eigenvalue weighted by Crippen LogP contribution is -2.55. The molecule has 6 rings (SSSR count). The molecule has 0 radical (unpaired) electrons. The average molecular weight is 590 g/mol. The van der Waals surface area contributed by atoms with Gasteiger partial charge in [-0.05, 0) is 37.9 Å². The SMILES string of the molecule is CN1CCC[C@H]1COc1nc(N2CCN(C(=O)O)[C@@H](CC#N)C2)c2cnc(-c3cccc4cccc(Cl)c34)c(F)c2n1. The van der Waals surface area contributed by atoms with Crippen LogP contribution in [0.2, 0.25) is 5.02 Å². The summed E-state index contributed by atoms with van der Waals surface area (Å²) in [6.07, 6.45) is 2.52. The van der Waals surface area contributed by atoms with Crippen molar-refractivity contribution in [3.63, 3.8) is 0 Å². The van der Waals surface area contributed by atoms with Crippen LogP contribution in [0.15, 0.2) is 42.6 Å². The third-order valence-electron chi connectivity index (χ3n) is 8.18. The van der Waals surface area contributed by atoms with E-state index < -0.39 is 18.0 Å². The van der Waals surface area contributed by atoms with E-state index in [0.717, 1.165) is 24.8 Å². The summed E-state index contributed by atoms with van der Waals surface area (Å²) >= 11 is 6.55. The second-order valence-electron chi connectivity index (χ2n) is 10.7. The molecule has 10 nitrogen and oxygen atoms in total. The Balaban J connectivity index is 1.46. The Hall–Kier alpha value is -4.27. The van der Waals surface area contributed by atoms with Crippen LogP contribution in [0.5, 0.6) is 6.01 Å². The van der Waals surface area contributed by atoms with Crippen LogP contribution in [0.25, 0.3) is 32.9 Å². The molecule has 12 heteroatoms. The van der Waals surface area contributed by atoms with Crippen molar-refractivity contribution in [3.8, 4) is 23.3 Å². The first-order valence-electron chi connectivity index (χ1n) is 13.8. The number of anilines is 1. The molecule has 1 N–H and O–H groups in total. The average Bonchev–Trinajstić information content (AvgIpc) is 3.40. The molecule has 2 fully saturated rings. The number of fused-ring (bicyclic) bond motifs is 2. The van der Waals surface area contributed by atoms with Crippen LogP contribution in [0.1, 0.15) is 19.3 Å². The van der Waals surface area contributed by atoms with E-state index in [1.165, 1.54) is 11.1 Å². The smallest absolute Gasteiger partial charge is 0.407 e. The predicted molar refractivity (Wildman–Crippen MR) is 157 cm³/mol. The lowest BCUT2D eigenvalue weighted by Gasteiger charge is -2.39. The fourth-order valence-electron chi connectivity index (χ4n) is 5.95. The fraction of sp³-hybridized carbons (Fsp3) is 0.367. The van der Waals surface area contributed by atoms with E-state index in [1.807, 2.05) is 36.2 Å². The van der Waals surface area contributed by atoms with E-state index in [9.17, 15) is 15.2 Å². The molecular formula is C30H29ClFN7O3. The van der Waals surface area contributed by atoms with Crippen molar-refractivity contribution in [2.45, 2.75) is 31.3 Å². The molecule has 42 heavy (non-hydrogen) atoms. The van der Waals surface area contributed by atoms with E-state index in [0.29, 0.717) is 40.3 Å². The molecule has 2 aliphatic rings. The summed E-state index contributed by atoms with van der Waals surface area (Å²) in [6.45, 7) is 2.00. The van der Waals surface area contributed by atoms with Gasteiger partial charge in [0.25, 0.3) is 0 Å². The van der Waals surface area contributed by atoms with Gasteiger partial charge in [-0.2, -0.15) is 15.2 Å². The molecule has 216 valence electrons. The van der Waals surface area contributed by atoms with Crippen molar-refractivity contribution in [1.82, 2.24) is 24.8 Å². The predicted octanol–water partition coefficient (Wildman–Crippen LogP) is 5.19. The number of likely N-dealkylation sites (N-methyl/N-ethyl adjacent to an activating group) is 1. The molecule has 0 aliphatic carbocycles. The summed E-state index contributed by atoms with van der Waals surface area (Å²) in [5.74, 6) is -0.249. The molecule has 2 aromatic heterocycles. The number of hydrogen-bond donors (Lipinski definition) is 1. The Kier molecular flexibility index (Phi) is 7.66. The first-order chi connectivity index (χ1) is 20.4. The Morgan fingerprint density at radius 1 is 1.19 bits per heavy atom. The van der Waals surface area contributed by atoms with Gasteiger partial charge in [-0.25, -0.2) is 9.18 Å². The Labute approximate surface area is 246 Å². The molecule has 4 heterocycles. The lowest BCUT2D eigenvalue weighted by molar-refractivity contribution is 0.119. The molecule has 0 bridgehead atoms. The van der Waals surface area contributed by atoms with Gasteiger partial charge in [0.1, 0.15) is 23.6 Å². The number of pyridine rings is 1. The Morgan fingerprint density at radius 2 is 2.00 bits per heavy atom. The van der Waals surface area contributed by atoms with Gasteiger partial charge in [-0.1, -0.05) is 41.9 Å². The van der Waals surface area contributed by atoms with E-state index in [-0.39, 0.29) is 42.8 Å². The van der Waals surface area contributed by atoms with Crippen LogP contribution in [-0.4, -0.2) is 87.9 Å². The van der Waals surface area contributed by atoms with Gasteiger partial charge < -0.3 is 24.5 Å². The van der Waals surface area contributed by atoms with Gasteiger partial charge >= 0.3 is 12.1 Å². The summed E-state index contributed by atoms with van der Waals surface area (Å²) in [5, 5.41) is 21.4. The van der Waals surface area contributed by atoms with E-state index >= 15 is 4.39 Å². The summed E-state index contributed by atoms with van der Waals surface area (Å²) in [7, 11) is 2.04. The largest absolute Gasteiger partial charge is 0.465 e. The Bertz CT molecular complexity index is 1710. The highest BCUT2D eigenvalue weighted by atomic mass is 35.5. The minimum atomic E-state index is -1.08. The molecule has 4 aromatic rings. The number of ether oxygens (including phenoxy) is 1. The molecule has 0 spiro atoms. The molecule has 2 aliphatic heterocycles. The van der Waals surface area contributed by atoms with E-state index in [1.54, 1.807) is 12.1 Å². The van der Waals surface area contributed by atoms with Gasteiger partial charge in [0.2, 0.25) is 0 Å². The third-order valence-corrected chi connectivity index (χ3v) is 8.50. The first-order valence-corrected chi connectivity index (χ1v) is 14.2. The van der Waals surface area contributed by atoms with Gasteiger partial charge in [0, 0.05) is 47.8 Å². The van der Waals surface area contributed by atoms with E-state index in [4.69, 9.17) is 16.3 Å². The highest BCUT2D eigenvalue weighted by molar-refractivity contribution is 6.36. The number of carbonyl (C=O) groups is 1. The maximum Gasteiger partial charge on any atom is 0.407 e. The van der Waals surface area contributed by atoms with Crippen molar-refractivity contribution < 1.29 is 19.0 Å². The quantitative estimate of drug-likeness (QED) is 0.324. The van der Waals surface area contributed by atoms with Crippen LogP contribution < -0.4 is 9.64 Å². The number of piperazine rings is 1. The number of carboxylic acid groups (broad SMARTS) is 1. The maximum atomic E-state index is 16.5. The topological polar surface area (TPSA) is 119 Å². The zero-order chi connectivity index (χ0) is 29.4. The number of likely N-dealkylation sites (tertiary alicyclic amines) is 1. The number of halogens is 2. The third kappa shape index (κ3) is 5.12. The number of nitriles is 1. The number of rotatable bonds is 6. The monoisotopic (exact) mass is 589 g/mol. The lowest BCUT2D eigenvalue weighted by atomic mass is 10.0. The van der Waals surface area contributed by atoms with Crippen LogP contribution >= 0.6 is 11.6 Å². The second kappa shape index (κ2) is 11.5. The summed E-state index contributed by atoms with van der Waals surface area (Å²) < 4.78 is 22.6. The number of hydrogen-bond acceptors (Lipinski definition) is 8. The minimum Gasteiger partial charge on any atom is -0.465 e. The summed E-state index contributed by atoms with van der Waals surface area (Å²) in [4.78, 5) is 30.9. The van der Waals surface area contributed by atoms with Gasteiger partial charge in [-0.3, -0.25) is 4.98 Å². The molecule has 2 saturated heterocycles. The number of aromatic nitrogens is 3. The van der Waals surface area contributed by atoms with Crippen LogP contribution in [-0.2, 0) is 0 Å². The highest BCUT2D eigenvalue weighted by Gasteiger charge is 2.33. The highest BCUT2D eigenvalue weighted by Crippen LogP contribution is 2.37. The molecule has 1 amide bonds. The first kappa shape index (κ1) is 27.9. The zero-order valence-electron chi connectivity index (χ0n) is 23.0. The molecule has 2 aromatic carbocycles. The van der Waals surface area contributed by atoms with Gasteiger partial charge in [0.05, 0.1) is 23.9 Å². The van der Waals surface area contributed by atoms with E-state index in [2.05, 4.69) is 25.9 Å². The van der Waals surface area contributed by atoms with Crippen LogP contribution in [0.4, 0.5) is 15.0 Å². The fourth-order valence-corrected chi connectivity index (χ4v) is 6.23. The number of amides is 1. The Morgan fingerprint density at radius 3 is 2.74 bits per heavy atom. The second-order valence-corrected chi connectivity index (χ2v) is 11.1. The zero-order valence-corrected chi connectivity index (χ0v) is 23.8. The van der Waals surface area contributed by atoms with Gasteiger partial charge in [-0.15, -0.1) is 0 Å². The number of nitrogens with zero attached hydrogens (tertiary/aromatic N) is 7. The standard InChI is InChI=1S/C30H29ClFN7O3/c1-37-12-4-7-20(37)17-42-29-35-27-22(28(36-29)38-13-14-39(30(40)41)19(16-38)10-11-33)15-34-26(25(27)32)21-8-2-5-18-6-3-9-23(31)24(18)21/h2-3,5-6,8-9,15,19-20H,4,7,10,12-14,16-17H2,1H3,(H,40,41)/t19-,20-/m0/s1. The molecular weight excluding hydrogens is 561 g/mol. The summed E-state index contributed by atoms with van der Waals surface area (Å²) in [5.41, 5.74) is 0.684. The maximum absolute atomic E-state index is 16.5. The van der Waals surface area contributed by atoms with Crippen molar-refractivity contribution in [2.75, 3.05) is 44.7 Å². The normalized spacial score (nSPS) is 19.4. The minimum absolute atomic E-state index is 0.0157. The summed E-state index contributed by atoms with van der Waals surface area (Å²) in [6, 6.07) is 12.7. The van der Waals surface area contributed by atoms with Crippen molar-refractivity contribution in [2.24, 2.45) is 0 Å². The van der Waals surface area contributed by atoms with Crippen molar-refractivity contribution in [3.05, 3.63) is 53.4 Å². The van der Waals surface area contributed by atoms with Crippen LogP contribution in [0.3, 0.4) is 0 Å². The van der Waals surface area contributed by atoms with Crippen LogP contribution in [0, 0.1) is 17.1 Å². The van der Waals surface area contributed by atoms with Crippen molar-refractivity contribution in [1.29, 1.82) is 5.26 Å².